The van der Waals surface area contributed by atoms with Gasteiger partial charge in [0.2, 0.25) is 0 Å². The summed E-state index contributed by atoms with van der Waals surface area (Å²) in [4.78, 5) is 17.7. The molecule has 0 rings (SSSR count). The molecule has 0 spiro atoms. The van der Waals surface area contributed by atoms with Crippen molar-refractivity contribution in [3.05, 3.63) is 0 Å². The van der Waals surface area contributed by atoms with Crippen LogP contribution in [0.4, 0.5) is 0 Å². The zero-order valence-electron chi connectivity index (χ0n) is 2.76. The predicted octanol–water partition coefficient (Wildman–Crippen LogP) is -3.16. The van der Waals surface area contributed by atoms with Gasteiger partial charge < -0.3 is 14.4 Å². The van der Waals surface area contributed by atoms with Crippen LogP contribution in [0.3, 0.4) is 0 Å². The summed E-state index contributed by atoms with van der Waals surface area (Å²) in [5.41, 5.74) is 0. The van der Waals surface area contributed by atoms with Crippen molar-refractivity contribution < 1.29 is 14.4 Å². The van der Waals surface area contributed by atoms with E-state index in [1.54, 1.807) is 0 Å². The Kier molecular flexibility index (Phi) is 31.3. The van der Waals surface area contributed by atoms with Gasteiger partial charge in [-0.3, -0.25) is 0 Å². The van der Waals surface area contributed by atoms with Crippen LogP contribution in [-0.4, -0.2) is 110 Å². The molecule has 0 amide bonds. The Labute approximate surface area is 138 Å². The zero-order valence-corrected chi connectivity index (χ0v) is 6.62. The fourth-order valence-electron chi connectivity index (χ4n) is 0. The first-order chi connectivity index (χ1) is 2.00. The topological polar surface area (TPSA) is 63.2 Å². The first-order valence-electron chi connectivity index (χ1n) is 0.717. The monoisotopic (exact) mass is 320 g/mol. The quantitative estimate of drug-likeness (QED) is 0.350. The molecule has 0 aromatic rings. The summed E-state index contributed by atoms with van der Waals surface area (Å²) in [7, 11) is 0. The molecule has 0 fully saturated rings. The minimum Gasteiger partial charge on any atom is 0.316 e. The molecule has 40 valence electrons. The SMILES string of the molecule is O=P([O-])([O-])Cl.[BaH2].[Ca+2].[MgH2]. The van der Waals surface area contributed by atoms with Crippen molar-refractivity contribution in [2.45, 2.75) is 0 Å². The van der Waals surface area contributed by atoms with E-state index in [0.717, 1.165) is 0 Å². The largest absolute Gasteiger partial charge is 2.00 e. The number of rotatable bonds is 0. The van der Waals surface area contributed by atoms with E-state index < -0.39 is 6.95 Å². The second-order valence-electron chi connectivity index (χ2n) is 0.431. The normalized spacial score (nSPS) is 7.38. The molecule has 0 aromatic heterocycles. The van der Waals surface area contributed by atoms with Gasteiger partial charge in [0.05, 0.1) is 0 Å². The molecular weight excluding hydrogens is 316 g/mol. The molecule has 0 aromatic carbocycles. The standard InChI is InChI=1S/Ba.Ca.ClH2O3P.Mg.4H/c;;1-5(2,3)4;;;;;/h;;(H2,2,3,4);;;;;/q;+2;;;;;;/p-2. The van der Waals surface area contributed by atoms with E-state index in [0.29, 0.717) is 0 Å². The second-order valence-corrected chi connectivity index (χ2v) is 2.53. The molecule has 0 aliphatic rings. The minimum atomic E-state index is -4.67. The second kappa shape index (κ2) is 11.0. The third kappa shape index (κ3) is 50.3. The van der Waals surface area contributed by atoms with Crippen LogP contribution >= 0.6 is 18.2 Å². The van der Waals surface area contributed by atoms with Gasteiger partial charge in [0.1, 0.15) is 0 Å². The van der Waals surface area contributed by atoms with Crippen LogP contribution < -0.4 is 9.79 Å². The van der Waals surface area contributed by atoms with Gasteiger partial charge in [0, 0.05) is 6.95 Å². The molecule has 0 aliphatic carbocycles. The minimum absolute atomic E-state index is 0. The van der Waals surface area contributed by atoms with Crippen LogP contribution in [0.5, 0.6) is 0 Å². The Balaban J connectivity index is -0.0000000267. The number of hydrogen-bond acceptors (Lipinski definition) is 3. The van der Waals surface area contributed by atoms with Crippen molar-refractivity contribution in [2.24, 2.45) is 0 Å². The average Bonchev–Trinajstić information content (AvgIpc) is 0.722. The van der Waals surface area contributed by atoms with Crippen molar-refractivity contribution in [1.29, 1.82) is 0 Å². The molecule has 3 nitrogen and oxygen atoms in total. The maximum Gasteiger partial charge on any atom is 2.00 e. The fraction of sp³-hybridized carbons (Fsp3) is 0. The summed E-state index contributed by atoms with van der Waals surface area (Å²) in [6.07, 6.45) is 0. The van der Waals surface area contributed by atoms with E-state index in [2.05, 4.69) is 11.2 Å². The Bertz CT molecular complexity index is 65.4. The summed E-state index contributed by atoms with van der Waals surface area (Å²) in [6.45, 7) is -4.67. The molecule has 0 atom stereocenters. The van der Waals surface area contributed by atoms with Gasteiger partial charge in [-0.05, 0) is 0 Å². The Morgan fingerprint density at radius 3 is 1.38 bits per heavy atom. The van der Waals surface area contributed by atoms with E-state index in [1.165, 1.54) is 0 Å². The Hall–Kier alpha value is 4.04. The van der Waals surface area contributed by atoms with Crippen LogP contribution in [0.25, 0.3) is 0 Å². The van der Waals surface area contributed by atoms with Crippen molar-refractivity contribution in [3.8, 4) is 0 Å². The average molecular weight is 320 g/mol. The Morgan fingerprint density at radius 2 is 1.38 bits per heavy atom. The summed E-state index contributed by atoms with van der Waals surface area (Å²) >= 11 is 3.97. The molecule has 0 unspecified atom stereocenters. The van der Waals surface area contributed by atoms with Gasteiger partial charge in [0.15, 0.2) is 0 Å². The van der Waals surface area contributed by atoms with E-state index in [9.17, 15) is 0 Å². The van der Waals surface area contributed by atoms with Gasteiger partial charge in [-0.25, -0.2) is 0 Å². The molecule has 0 N–H and O–H groups in total. The molecule has 0 bridgehead atoms. The predicted molar refractivity (Wildman–Crippen MR) is 36.3 cm³/mol. The van der Waals surface area contributed by atoms with E-state index in [-0.39, 0.29) is 110 Å². The molecular formula is H4BaCaClMgO3P. The number of hydrogen-bond donors (Lipinski definition) is 0. The van der Waals surface area contributed by atoms with Crippen LogP contribution in [0, 0.1) is 0 Å². The third-order valence-corrected chi connectivity index (χ3v) is 0. The van der Waals surface area contributed by atoms with Gasteiger partial charge in [-0.2, -0.15) is 0 Å². The van der Waals surface area contributed by atoms with Crippen molar-refractivity contribution >= 4 is 128 Å². The zero-order chi connectivity index (χ0) is 4.50. The molecule has 8 heteroatoms. The summed E-state index contributed by atoms with van der Waals surface area (Å²) < 4.78 is 8.87. The third-order valence-electron chi connectivity index (χ3n) is 0. The first kappa shape index (κ1) is 22.7. The maximum absolute atomic E-state index is 8.87. The fourth-order valence-corrected chi connectivity index (χ4v) is 0. The van der Waals surface area contributed by atoms with Crippen molar-refractivity contribution in [2.75, 3.05) is 0 Å². The van der Waals surface area contributed by atoms with Crippen molar-refractivity contribution in [3.63, 3.8) is 0 Å². The first-order valence-corrected chi connectivity index (χ1v) is 3.16. The van der Waals surface area contributed by atoms with E-state index >= 15 is 0 Å². The van der Waals surface area contributed by atoms with Crippen LogP contribution in [0.1, 0.15) is 0 Å². The molecule has 0 aliphatic heterocycles. The van der Waals surface area contributed by atoms with E-state index in [4.69, 9.17) is 14.4 Å². The summed E-state index contributed by atoms with van der Waals surface area (Å²) in [5, 5.41) is 0. The molecule has 0 saturated carbocycles. The van der Waals surface area contributed by atoms with Crippen LogP contribution in [0.15, 0.2) is 0 Å². The van der Waals surface area contributed by atoms with Crippen molar-refractivity contribution in [1.82, 2.24) is 0 Å². The molecule has 0 radical (unpaired) electrons. The maximum atomic E-state index is 8.87. The Morgan fingerprint density at radius 1 is 1.38 bits per heavy atom. The van der Waals surface area contributed by atoms with Gasteiger partial charge in [0.25, 0.3) is 0 Å². The van der Waals surface area contributed by atoms with Gasteiger partial charge >= 0.3 is 110 Å². The molecule has 0 heterocycles. The molecule has 8 heavy (non-hydrogen) atoms. The van der Waals surface area contributed by atoms with Crippen LogP contribution in [-0.2, 0) is 4.57 Å². The van der Waals surface area contributed by atoms with Gasteiger partial charge in [-0.1, -0.05) is 11.2 Å². The summed E-state index contributed by atoms with van der Waals surface area (Å²) in [6, 6.07) is 0. The summed E-state index contributed by atoms with van der Waals surface area (Å²) in [5.74, 6) is 0. The van der Waals surface area contributed by atoms with Crippen LogP contribution in [0.2, 0.25) is 0 Å². The smallest absolute Gasteiger partial charge is 0.316 e. The van der Waals surface area contributed by atoms with Gasteiger partial charge in [-0.15, -0.1) is 0 Å². The van der Waals surface area contributed by atoms with E-state index in [1.807, 2.05) is 0 Å². The molecule has 0 saturated heterocycles. The number of halogens is 1.